The van der Waals surface area contributed by atoms with E-state index >= 15 is 0 Å². The number of thiophene rings is 1. The topological polar surface area (TPSA) is 15.3 Å². The predicted octanol–water partition coefficient (Wildman–Crippen LogP) is 5.10. The fourth-order valence-electron chi connectivity index (χ4n) is 3.96. The third-order valence-corrected chi connectivity index (χ3v) is 6.17. The highest BCUT2D eigenvalue weighted by molar-refractivity contribution is 7.16. The van der Waals surface area contributed by atoms with Crippen LogP contribution < -0.4 is 5.32 Å². The second kappa shape index (κ2) is 7.96. The average Bonchev–Trinajstić information content (AvgIpc) is 3.11. The second-order valence-electron chi connectivity index (χ2n) is 6.01. The molecular weight excluding hydrogens is 300 g/mol. The van der Waals surface area contributed by atoms with Crippen LogP contribution >= 0.6 is 22.9 Å². The van der Waals surface area contributed by atoms with Crippen LogP contribution in [0.15, 0.2) is 12.1 Å². The van der Waals surface area contributed by atoms with Crippen LogP contribution in [0, 0.1) is 0 Å². The molecule has 0 spiro atoms. The zero-order valence-corrected chi connectivity index (χ0v) is 15.2. The van der Waals surface area contributed by atoms with Crippen LogP contribution in [0.2, 0.25) is 4.34 Å². The van der Waals surface area contributed by atoms with E-state index in [1.165, 1.54) is 37.0 Å². The van der Waals surface area contributed by atoms with Crippen LogP contribution in [0.3, 0.4) is 0 Å². The lowest BCUT2D eigenvalue weighted by Gasteiger charge is -2.46. The van der Waals surface area contributed by atoms with Crippen molar-refractivity contribution in [2.45, 2.75) is 64.5 Å². The lowest BCUT2D eigenvalue weighted by atomic mass is 9.84. The molecule has 1 atom stereocenters. The highest BCUT2D eigenvalue weighted by Gasteiger charge is 2.45. The number of hydrogen-bond donors (Lipinski definition) is 1. The maximum absolute atomic E-state index is 6.22. The van der Waals surface area contributed by atoms with Gasteiger partial charge in [-0.2, -0.15) is 0 Å². The molecular formula is C17H29ClN2S. The fourth-order valence-corrected chi connectivity index (χ4v) is 5.20. The molecule has 0 radical (unpaired) electrons. The van der Waals surface area contributed by atoms with Gasteiger partial charge in [-0.15, -0.1) is 11.3 Å². The summed E-state index contributed by atoms with van der Waals surface area (Å²) in [6.45, 7) is 10.1. The van der Waals surface area contributed by atoms with Crippen molar-refractivity contribution in [2.24, 2.45) is 0 Å². The number of halogens is 1. The normalized spacial score (nSPS) is 19.3. The molecule has 1 N–H and O–H groups in total. The van der Waals surface area contributed by atoms with E-state index in [1.807, 2.05) is 6.07 Å². The van der Waals surface area contributed by atoms with Crippen molar-refractivity contribution in [1.82, 2.24) is 10.2 Å². The molecule has 1 unspecified atom stereocenters. The fraction of sp³-hybridized carbons (Fsp3) is 0.765. The van der Waals surface area contributed by atoms with E-state index in [-0.39, 0.29) is 5.54 Å². The Labute approximate surface area is 138 Å². The van der Waals surface area contributed by atoms with Crippen LogP contribution in [-0.4, -0.2) is 30.1 Å². The predicted molar refractivity (Wildman–Crippen MR) is 94.5 cm³/mol. The van der Waals surface area contributed by atoms with Crippen LogP contribution in [0.1, 0.15) is 63.8 Å². The molecule has 120 valence electrons. The first-order valence-electron chi connectivity index (χ1n) is 8.41. The van der Waals surface area contributed by atoms with Crippen LogP contribution in [-0.2, 0) is 0 Å². The van der Waals surface area contributed by atoms with Crippen LogP contribution in [0.4, 0.5) is 0 Å². The molecule has 0 saturated heterocycles. The van der Waals surface area contributed by atoms with Crippen molar-refractivity contribution >= 4 is 22.9 Å². The second-order valence-corrected chi connectivity index (χ2v) is 7.76. The van der Waals surface area contributed by atoms with E-state index < -0.39 is 0 Å². The molecule has 1 saturated carbocycles. The first kappa shape index (κ1) is 17.3. The zero-order chi connectivity index (χ0) is 15.3. The zero-order valence-electron chi connectivity index (χ0n) is 13.6. The van der Waals surface area contributed by atoms with Gasteiger partial charge in [0.1, 0.15) is 0 Å². The summed E-state index contributed by atoms with van der Waals surface area (Å²) in [5.74, 6) is 0. The van der Waals surface area contributed by atoms with E-state index in [1.54, 1.807) is 11.3 Å². The molecule has 0 aromatic carbocycles. The van der Waals surface area contributed by atoms with Crippen molar-refractivity contribution in [3.05, 3.63) is 21.3 Å². The van der Waals surface area contributed by atoms with Gasteiger partial charge >= 0.3 is 0 Å². The maximum atomic E-state index is 6.22. The minimum absolute atomic E-state index is 0.271. The van der Waals surface area contributed by atoms with Crippen LogP contribution in [0.5, 0.6) is 0 Å². The van der Waals surface area contributed by atoms with Crippen molar-refractivity contribution in [1.29, 1.82) is 0 Å². The summed E-state index contributed by atoms with van der Waals surface area (Å²) in [4.78, 5) is 4.09. The molecule has 1 aliphatic carbocycles. The Balaban J connectivity index is 2.35. The molecule has 2 rings (SSSR count). The van der Waals surface area contributed by atoms with E-state index in [4.69, 9.17) is 11.6 Å². The van der Waals surface area contributed by atoms with Gasteiger partial charge in [-0.3, -0.25) is 4.90 Å². The van der Waals surface area contributed by atoms with Crippen molar-refractivity contribution in [3.8, 4) is 0 Å². The molecule has 1 aromatic rings. The summed E-state index contributed by atoms with van der Waals surface area (Å²) < 4.78 is 0.904. The molecule has 1 aliphatic rings. The smallest absolute Gasteiger partial charge is 0.0931 e. The molecule has 0 aliphatic heterocycles. The summed E-state index contributed by atoms with van der Waals surface area (Å²) in [6, 6.07) is 4.69. The lowest BCUT2D eigenvalue weighted by molar-refractivity contribution is 0.0639. The van der Waals surface area contributed by atoms with Gasteiger partial charge in [0.25, 0.3) is 0 Å². The summed E-state index contributed by atoms with van der Waals surface area (Å²) in [6.07, 6.45) is 6.46. The van der Waals surface area contributed by atoms with Crippen LogP contribution in [0.25, 0.3) is 0 Å². The number of hydrogen-bond acceptors (Lipinski definition) is 3. The van der Waals surface area contributed by atoms with Gasteiger partial charge < -0.3 is 5.32 Å². The standard InChI is InChI=1S/C17H29ClN2S/c1-4-13-19-16(14-9-10-15(18)21-14)17(11-7-8-12-17)20(5-2)6-3/h9-10,16,19H,4-8,11-13H2,1-3H3. The third kappa shape index (κ3) is 3.64. The van der Waals surface area contributed by atoms with E-state index in [0.717, 1.165) is 24.0 Å². The van der Waals surface area contributed by atoms with Crippen molar-refractivity contribution < 1.29 is 0 Å². The quantitative estimate of drug-likeness (QED) is 0.714. The summed E-state index contributed by atoms with van der Waals surface area (Å²) in [5.41, 5.74) is 0.271. The summed E-state index contributed by atoms with van der Waals surface area (Å²) in [5, 5.41) is 3.84. The first-order chi connectivity index (χ1) is 10.2. The molecule has 1 heterocycles. The monoisotopic (exact) mass is 328 g/mol. The number of likely N-dealkylation sites (N-methyl/N-ethyl adjacent to an activating group) is 1. The van der Waals surface area contributed by atoms with Gasteiger partial charge in [0.15, 0.2) is 0 Å². The molecule has 1 fully saturated rings. The highest BCUT2D eigenvalue weighted by Crippen LogP contribution is 2.46. The number of rotatable bonds is 8. The molecule has 2 nitrogen and oxygen atoms in total. The lowest BCUT2D eigenvalue weighted by Crippen LogP contribution is -2.55. The Bertz CT molecular complexity index is 422. The van der Waals surface area contributed by atoms with Gasteiger partial charge in [0.2, 0.25) is 0 Å². The number of nitrogens with zero attached hydrogens (tertiary/aromatic N) is 1. The minimum atomic E-state index is 0.271. The van der Waals surface area contributed by atoms with Gasteiger partial charge in [0, 0.05) is 10.4 Å². The molecule has 4 heteroatoms. The van der Waals surface area contributed by atoms with E-state index in [0.29, 0.717) is 6.04 Å². The van der Waals surface area contributed by atoms with Gasteiger partial charge in [0.05, 0.1) is 10.4 Å². The largest absolute Gasteiger partial charge is 0.308 e. The molecule has 1 aromatic heterocycles. The highest BCUT2D eigenvalue weighted by atomic mass is 35.5. The molecule has 0 amide bonds. The Kier molecular flexibility index (Phi) is 6.54. The first-order valence-corrected chi connectivity index (χ1v) is 9.61. The van der Waals surface area contributed by atoms with Crippen molar-refractivity contribution in [3.63, 3.8) is 0 Å². The van der Waals surface area contributed by atoms with Crippen molar-refractivity contribution in [2.75, 3.05) is 19.6 Å². The van der Waals surface area contributed by atoms with Gasteiger partial charge in [-0.25, -0.2) is 0 Å². The molecule has 0 bridgehead atoms. The SMILES string of the molecule is CCCNC(c1ccc(Cl)s1)C1(N(CC)CC)CCCC1. The Morgan fingerprint density at radius 1 is 1.24 bits per heavy atom. The summed E-state index contributed by atoms with van der Waals surface area (Å²) in [7, 11) is 0. The average molecular weight is 329 g/mol. The Morgan fingerprint density at radius 2 is 1.90 bits per heavy atom. The maximum Gasteiger partial charge on any atom is 0.0931 e. The Morgan fingerprint density at radius 3 is 2.38 bits per heavy atom. The van der Waals surface area contributed by atoms with Gasteiger partial charge in [-0.05, 0) is 51.0 Å². The number of nitrogens with one attached hydrogen (secondary N) is 1. The summed E-state index contributed by atoms with van der Waals surface area (Å²) >= 11 is 7.96. The third-order valence-electron chi connectivity index (χ3n) is 4.88. The Hall–Kier alpha value is -0.0900. The van der Waals surface area contributed by atoms with E-state index in [9.17, 15) is 0 Å². The van der Waals surface area contributed by atoms with Gasteiger partial charge in [-0.1, -0.05) is 45.2 Å². The minimum Gasteiger partial charge on any atom is -0.308 e. The van der Waals surface area contributed by atoms with E-state index in [2.05, 4.69) is 37.1 Å². The molecule has 21 heavy (non-hydrogen) atoms.